The number of hydrogen-bond donors (Lipinski definition) is 1. The Hall–Kier alpha value is -2.86. The molecule has 2 atom stereocenters. The molecule has 2 aliphatic rings. The molecule has 2 aromatic rings. The molecule has 0 fully saturated rings. The summed E-state index contributed by atoms with van der Waals surface area (Å²) in [5, 5.41) is 18.4. The van der Waals surface area contributed by atoms with Crippen molar-refractivity contribution >= 4 is 28.7 Å². The number of anilines is 1. The summed E-state index contributed by atoms with van der Waals surface area (Å²) in [6.07, 6.45) is 3.35. The first-order valence-electron chi connectivity index (χ1n) is 8.00. The number of carboxylic acids is 1. The second kappa shape index (κ2) is 6.22. The van der Waals surface area contributed by atoms with Crippen molar-refractivity contribution in [1.82, 2.24) is 4.90 Å². The SMILES string of the molecule is C=CCN1C(C(=O)O)=CC2C(c3cccs3)=NN(c3ccccc3)C21. The first kappa shape index (κ1) is 15.7. The minimum absolute atomic E-state index is 0.0927. The van der Waals surface area contributed by atoms with Crippen molar-refractivity contribution in [3.05, 3.63) is 77.1 Å². The maximum Gasteiger partial charge on any atom is 0.351 e. The van der Waals surface area contributed by atoms with Gasteiger partial charge in [0.1, 0.15) is 11.9 Å². The van der Waals surface area contributed by atoms with Gasteiger partial charge in [0.15, 0.2) is 0 Å². The third-order valence-corrected chi connectivity index (χ3v) is 5.30. The maximum atomic E-state index is 11.8. The molecule has 25 heavy (non-hydrogen) atoms. The summed E-state index contributed by atoms with van der Waals surface area (Å²) in [4.78, 5) is 14.7. The summed E-state index contributed by atoms with van der Waals surface area (Å²) in [6.45, 7) is 4.24. The Bertz CT molecular complexity index is 858. The van der Waals surface area contributed by atoms with Gasteiger partial charge in [-0.05, 0) is 29.7 Å². The van der Waals surface area contributed by atoms with Crippen LogP contribution in [0, 0.1) is 5.92 Å². The normalized spacial score (nSPS) is 21.8. The number of nitrogens with zero attached hydrogens (tertiary/aromatic N) is 3. The molecule has 0 aliphatic carbocycles. The van der Waals surface area contributed by atoms with Gasteiger partial charge in [0.25, 0.3) is 0 Å². The number of para-hydroxylation sites is 1. The number of thiophene rings is 1. The van der Waals surface area contributed by atoms with Gasteiger partial charge in [-0.2, -0.15) is 5.10 Å². The van der Waals surface area contributed by atoms with Gasteiger partial charge in [0.2, 0.25) is 0 Å². The van der Waals surface area contributed by atoms with E-state index in [1.165, 1.54) is 0 Å². The summed E-state index contributed by atoms with van der Waals surface area (Å²) >= 11 is 1.62. The van der Waals surface area contributed by atoms with Crippen LogP contribution in [0.5, 0.6) is 0 Å². The fourth-order valence-corrected chi connectivity index (χ4v) is 4.16. The monoisotopic (exact) mass is 351 g/mol. The molecule has 0 saturated carbocycles. The van der Waals surface area contributed by atoms with Crippen LogP contribution in [0.2, 0.25) is 0 Å². The van der Waals surface area contributed by atoms with Crippen molar-refractivity contribution in [3.63, 3.8) is 0 Å². The van der Waals surface area contributed by atoms with Gasteiger partial charge in [-0.1, -0.05) is 30.3 Å². The number of carbonyl (C=O) groups is 1. The Balaban J connectivity index is 1.83. The zero-order valence-corrected chi connectivity index (χ0v) is 14.3. The van der Waals surface area contributed by atoms with Crippen molar-refractivity contribution in [2.24, 2.45) is 11.0 Å². The van der Waals surface area contributed by atoms with E-state index in [4.69, 9.17) is 5.10 Å². The third kappa shape index (κ3) is 2.55. The lowest BCUT2D eigenvalue weighted by Crippen LogP contribution is -2.44. The highest BCUT2D eigenvalue weighted by atomic mass is 32.1. The lowest BCUT2D eigenvalue weighted by molar-refractivity contribution is -0.134. The average Bonchev–Trinajstić information content (AvgIpc) is 3.32. The van der Waals surface area contributed by atoms with Crippen LogP contribution in [0.4, 0.5) is 5.69 Å². The lowest BCUT2D eigenvalue weighted by atomic mass is 10.0. The molecule has 3 heterocycles. The molecule has 6 heteroatoms. The van der Waals surface area contributed by atoms with E-state index in [2.05, 4.69) is 6.58 Å². The molecule has 0 spiro atoms. The fourth-order valence-electron chi connectivity index (χ4n) is 3.40. The Morgan fingerprint density at radius 3 is 2.72 bits per heavy atom. The van der Waals surface area contributed by atoms with Crippen LogP contribution < -0.4 is 5.01 Å². The molecule has 2 unspecified atom stereocenters. The highest BCUT2D eigenvalue weighted by Gasteiger charge is 2.47. The van der Waals surface area contributed by atoms with Gasteiger partial charge in [0, 0.05) is 6.54 Å². The van der Waals surface area contributed by atoms with Crippen LogP contribution in [0.15, 0.2) is 77.4 Å². The number of aliphatic carboxylic acids is 1. The predicted octanol–water partition coefficient (Wildman–Crippen LogP) is 3.38. The van der Waals surface area contributed by atoms with Gasteiger partial charge < -0.3 is 10.0 Å². The Morgan fingerprint density at radius 1 is 1.28 bits per heavy atom. The van der Waals surface area contributed by atoms with E-state index in [0.717, 1.165) is 16.3 Å². The number of rotatable bonds is 5. The van der Waals surface area contributed by atoms with Crippen LogP contribution in [-0.4, -0.2) is 34.4 Å². The van der Waals surface area contributed by atoms with Crippen LogP contribution in [0.1, 0.15) is 4.88 Å². The summed E-state index contributed by atoms with van der Waals surface area (Å²) in [5.74, 6) is -1.01. The number of benzene rings is 1. The third-order valence-electron chi connectivity index (χ3n) is 4.41. The van der Waals surface area contributed by atoms with Crippen LogP contribution in [-0.2, 0) is 4.79 Å². The molecular formula is C19H17N3O2S. The quantitative estimate of drug-likeness (QED) is 0.839. The number of hydrazone groups is 1. The van der Waals surface area contributed by atoms with E-state index >= 15 is 0 Å². The Labute approximate surface area is 149 Å². The molecular weight excluding hydrogens is 334 g/mol. The van der Waals surface area contributed by atoms with Crippen molar-refractivity contribution in [2.45, 2.75) is 6.17 Å². The van der Waals surface area contributed by atoms with Crippen LogP contribution in [0.3, 0.4) is 0 Å². The molecule has 2 aliphatic heterocycles. The van der Waals surface area contributed by atoms with Crippen molar-refractivity contribution in [1.29, 1.82) is 0 Å². The zero-order valence-electron chi connectivity index (χ0n) is 13.4. The summed E-state index contributed by atoms with van der Waals surface area (Å²) in [7, 11) is 0. The first-order chi connectivity index (χ1) is 12.2. The highest BCUT2D eigenvalue weighted by Crippen LogP contribution is 2.40. The van der Waals surface area contributed by atoms with E-state index in [1.807, 2.05) is 63.8 Å². The minimum Gasteiger partial charge on any atom is -0.477 e. The number of fused-ring (bicyclic) bond motifs is 1. The highest BCUT2D eigenvalue weighted by molar-refractivity contribution is 7.12. The largest absolute Gasteiger partial charge is 0.477 e. The molecule has 0 radical (unpaired) electrons. The standard InChI is InChI=1S/C19H17N3O2S/c1-2-10-21-15(19(23)24)12-14-17(16-9-6-11-25-16)20-22(18(14)21)13-7-4-3-5-8-13/h2-9,11-12,14,18H,1,10H2,(H,23,24). The summed E-state index contributed by atoms with van der Waals surface area (Å²) in [6, 6.07) is 13.9. The van der Waals surface area contributed by atoms with Gasteiger partial charge in [-0.3, -0.25) is 0 Å². The average molecular weight is 351 g/mol. The predicted molar refractivity (Wildman–Crippen MR) is 99.7 cm³/mol. The van der Waals surface area contributed by atoms with Gasteiger partial charge in [-0.15, -0.1) is 17.9 Å². The molecule has 1 N–H and O–H groups in total. The molecule has 4 rings (SSSR count). The first-order valence-corrected chi connectivity index (χ1v) is 8.88. The van der Waals surface area contributed by atoms with E-state index in [1.54, 1.807) is 17.4 Å². The Kier molecular flexibility index (Phi) is 3.89. The fraction of sp³-hybridized carbons (Fsp3) is 0.158. The second-order valence-corrected chi connectivity index (χ2v) is 6.83. The van der Waals surface area contributed by atoms with Crippen molar-refractivity contribution in [2.75, 3.05) is 11.6 Å². The van der Waals surface area contributed by atoms with Crippen molar-refractivity contribution < 1.29 is 9.90 Å². The van der Waals surface area contributed by atoms with Gasteiger partial charge in [-0.25, -0.2) is 9.80 Å². The topological polar surface area (TPSA) is 56.1 Å². The second-order valence-electron chi connectivity index (χ2n) is 5.88. The van der Waals surface area contributed by atoms with Crippen molar-refractivity contribution in [3.8, 4) is 0 Å². The minimum atomic E-state index is -0.921. The van der Waals surface area contributed by atoms with Crippen LogP contribution >= 0.6 is 11.3 Å². The molecule has 0 amide bonds. The van der Waals surface area contributed by atoms with Gasteiger partial charge >= 0.3 is 5.97 Å². The molecule has 0 bridgehead atoms. The van der Waals surface area contributed by atoms with E-state index in [9.17, 15) is 9.90 Å². The lowest BCUT2D eigenvalue weighted by Gasteiger charge is -2.33. The number of carboxylic acid groups (broad SMARTS) is 1. The van der Waals surface area contributed by atoms with Crippen LogP contribution in [0.25, 0.3) is 0 Å². The van der Waals surface area contributed by atoms with E-state index in [-0.39, 0.29) is 12.1 Å². The van der Waals surface area contributed by atoms with E-state index < -0.39 is 5.97 Å². The van der Waals surface area contributed by atoms with Gasteiger partial charge in [0.05, 0.1) is 22.2 Å². The molecule has 1 aromatic carbocycles. The summed E-state index contributed by atoms with van der Waals surface area (Å²) in [5.41, 5.74) is 2.16. The zero-order chi connectivity index (χ0) is 17.4. The van der Waals surface area contributed by atoms with E-state index in [0.29, 0.717) is 12.2 Å². The number of hydrogen-bond acceptors (Lipinski definition) is 5. The smallest absolute Gasteiger partial charge is 0.351 e. The maximum absolute atomic E-state index is 11.8. The Morgan fingerprint density at radius 2 is 2.08 bits per heavy atom. The summed E-state index contributed by atoms with van der Waals surface area (Å²) < 4.78 is 0. The molecule has 126 valence electrons. The molecule has 1 aromatic heterocycles. The molecule has 0 saturated heterocycles. The molecule has 5 nitrogen and oxygen atoms in total.